The third kappa shape index (κ3) is 2.45. The Hall–Kier alpha value is -0.840. The molecule has 0 aromatic carbocycles. The smallest absolute Gasteiger partial charge is 0.232 e. The summed E-state index contributed by atoms with van der Waals surface area (Å²) in [5, 5.41) is 3.24. The molecular formula is C11H16BrN3O. The van der Waals surface area contributed by atoms with Gasteiger partial charge in [-0.3, -0.25) is 0 Å². The van der Waals surface area contributed by atoms with E-state index in [1.165, 1.54) is 6.42 Å². The van der Waals surface area contributed by atoms with Crippen molar-refractivity contribution in [3.05, 3.63) is 10.7 Å². The largest absolute Gasteiger partial charge is 0.480 e. The number of ether oxygens (including phenoxy) is 1. The molecule has 1 atom stereocenters. The maximum atomic E-state index is 5.11. The number of rotatable bonds is 4. The molecule has 4 nitrogen and oxygen atoms in total. The highest BCUT2D eigenvalue weighted by atomic mass is 79.9. The molecule has 0 saturated heterocycles. The van der Waals surface area contributed by atoms with E-state index in [-0.39, 0.29) is 0 Å². The van der Waals surface area contributed by atoms with Crippen molar-refractivity contribution in [3.8, 4) is 5.88 Å². The van der Waals surface area contributed by atoms with E-state index in [0.29, 0.717) is 17.2 Å². The van der Waals surface area contributed by atoms with Crippen LogP contribution in [0.1, 0.15) is 20.3 Å². The lowest BCUT2D eigenvalue weighted by molar-refractivity contribution is 0.394. The Morgan fingerprint density at radius 2 is 2.31 bits per heavy atom. The molecule has 5 heteroatoms. The Labute approximate surface area is 104 Å². The second-order valence-corrected chi connectivity index (χ2v) is 5.68. The molecule has 0 radical (unpaired) electrons. The first kappa shape index (κ1) is 11.6. The lowest BCUT2D eigenvalue weighted by atomic mass is 10.1. The second kappa shape index (κ2) is 4.20. The lowest BCUT2D eigenvalue weighted by Gasteiger charge is -2.07. The Bertz CT molecular complexity index is 395. The van der Waals surface area contributed by atoms with E-state index < -0.39 is 0 Å². The van der Waals surface area contributed by atoms with E-state index in [1.807, 2.05) is 0 Å². The third-order valence-electron chi connectivity index (χ3n) is 3.13. The molecule has 1 N–H and O–H groups in total. The molecule has 1 aliphatic carbocycles. The monoisotopic (exact) mass is 285 g/mol. The summed E-state index contributed by atoms with van der Waals surface area (Å²) in [4.78, 5) is 8.43. The van der Waals surface area contributed by atoms with Crippen LogP contribution < -0.4 is 10.1 Å². The fourth-order valence-electron chi connectivity index (χ4n) is 1.72. The first-order chi connectivity index (χ1) is 7.53. The number of halogens is 1. The van der Waals surface area contributed by atoms with Crippen LogP contribution in [0.3, 0.4) is 0 Å². The highest BCUT2D eigenvalue weighted by Gasteiger charge is 2.45. The zero-order valence-corrected chi connectivity index (χ0v) is 11.3. The lowest BCUT2D eigenvalue weighted by Crippen LogP contribution is -2.10. The third-order valence-corrected chi connectivity index (χ3v) is 3.67. The van der Waals surface area contributed by atoms with Crippen LogP contribution in [0.4, 0.5) is 5.95 Å². The van der Waals surface area contributed by atoms with Crippen LogP contribution in [0.5, 0.6) is 5.88 Å². The van der Waals surface area contributed by atoms with Gasteiger partial charge in [-0.1, -0.05) is 13.8 Å². The molecule has 0 bridgehead atoms. The Balaban J connectivity index is 1.95. The van der Waals surface area contributed by atoms with Gasteiger partial charge in [-0.2, -0.15) is 4.98 Å². The van der Waals surface area contributed by atoms with Crippen molar-refractivity contribution >= 4 is 21.9 Å². The molecule has 16 heavy (non-hydrogen) atoms. The summed E-state index contributed by atoms with van der Waals surface area (Å²) in [6.45, 7) is 5.49. The number of methoxy groups -OCH3 is 1. The number of anilines is 1. The summed E-state index contributed by atoms with van der Waals surface area (Å²) in [6, 6.07) is 0. The fourth-order valence-corrected chi connectivity index (χ4v) is 2.07. The minimum Gasteiger partial charge on any atom is -0.480 e. The summed E-state index contributed by atoms with van der Waals surface area (Å²) >= 11 is 3.32. The maximum Gasteiger partial charge on any atom is 0.232 e. The SMILES string of the molecule is COc1nc(NCC2CC2(C)C)ncc1Br. The Morgan fingerprint density at radius 1 is 1.62 bits per heavy atom. The van der Waals surface area contributed by atoms with Crippen molar-refractivity contribution in [2.24, 2.45) is 11.3 Å². The number of hydrogen-bond donors (Lipinski definition) is 1. The number of hydrogen-bond acceptors (Lipinski definition) is 4. The quantitative estimate of drug-likeness (QED) is 0.924. The van der Waals surface area contributed by atoms with E-state index in [0.717, 1.165) is 16.9 Å². The Kier molecular flexibility index (Phi) is 3.06. The van der Waals surface area contributed by atoms with Crippen molar-refractivity contribution in [1.82, 2.24) is 9.97 Å². The van der Waals surface area contributed by atoms with Gasteiger partial charge >= 0.3 is 0 Å². The molecule has 1 heterocycles. The van der Waals surface area contributed by atoms with Crippen LogP contribution in [0.25, 0.3) is 0 Å². The van der Waals surface area contributed by atoms with Crippen molar-refractivity contribution in [2.45, 2.75) is 20.3 Å². The minimum atomic E-state index is 0.479. The van der Waals surface area contributed by atoms with Gasteiger partial charge in [-0.15, -0.1) is 0 Å². The van der Waals surface area contributed by atoms with Crippen LogP contribution in [0, 0.1) is 11.3 Å². The van der Waals surface area contributed by atoms with Crippen LogP contribution in [-0.2, 0) is 0 Å². The molecule has 88 valence electrons. The second-order valence-electron chi connectivity index (χ2n) is 4.82. The van der Waals surface area contributed by atoms with Gasteiger partial charge in [0, 0.05) is 6.54 Å². The van der Waals surface area contributed by atoms with Gasteiger partial charge in [0.05, 0.1) is 17.8 Å². The molecule has 1 unspecified atom stereocenters. The highest BCUT2D eigenvalue weighted by molar-refractivity contribution is 9.10. The first-order valence-electron chi connectivity index (χ1n) is 5.33. The molecule has 1 saturated carbocycles. The highest BCUT2D eigenvalue weighted by Crippen LogP contribution is 2.51. The van der Waals surface area contributed by atoms with Crippen LogP contribution >= 0.6 is 15.9 Å². The molecule has 0 amide bonds. The van der Waals surface area contributed by atoms with E-state index >= 15 is 0 Å². The minimum absolute atomic E-state index is 0.479. The average Bonchev–Trinajstić information content (AvgIpc) is 2.85. The standard InChI is InChI=1S/C11H16BrN3O/c1-11(2)4-7(11)5-13-10-14-6-8(12)9(15-10)16-3/h6-7H,4-5H2,1-3H3,(H,13,14,15). The van der Waals surface area contributed by atoms with Gasteiger partial charge in [-0.25, -0.2) is 4.98 Å². The topological polar surface area (TPSA) is 47.0 Å². The normalized spacial score (nSPS) is 21.6. The maximum absolute atomic E-state index is 5.11. The number of aromatic nitrogens is 2. The van der Waals surface area contributed by atoms with Crippen molar-refractivity contribution in [3.63, 3.8) is 0 Å². The molecule has 1 fully saturated rings. The summed E-state index contributed by atoms with van der Waals surface area (Å²) in [5.74, 6) is 1.92. The predicted molar refractivity (Wildman–Crippen MR) is 66.7 cm³/mol. The number of nitrogens with one attached hydrogen (secondary N) is 1. The number of nitrogens with zero attached hydrogens (tertiary/aromatic N) is 2. The summed E-state index contributed by atoms with van der Waals surface area (Å²) < 4.78 is 5.88. The van der Waals surface area contributed by atoms with E-state index in [4.69, 9.17) is 4.74 Å². The first-order valence-corrected chi connectivity index (χ1v) is 6.12. The van der Waals surface area contributed by atoms with Gasteiger partial charge < -0.3 is 10.1 Å². The predicted octanol–water partition coefficient (Wildman–Crippen LogP) is 2.71. The van der Waals surface area contributed by atoms with Crippen LogP contribution in [0.2, 0.25) is 0 Å². The van der Waals surface area contributed by atoms with Crippen molar-refractivity contribution in [2.75, 3.05) is 19.0 Å². The molecule has 0 spiro atoms. The molecule has 1 aromatic heterocycles. The fraction of sp³-hybridized carbons (Fsp3) is 0.636. The van der Waals surface area contributed by atoms with E-state index in [9.17, 15) is 0 Å². The van der Waals surface area contributed by atoms with Gasteiger partial charge in [-0.05, 0) is 33.7 Å². The summed E-state index contributed by atoms with van der Waals surface area (Å²) in [6.07, 6.45) is 2.97. The van der Waals surface area contributed by atoms with E-state index in [2.05, 4.69) is 45.1 Å². The molecular weight excluding hydrogens is 270 g/mol. The zero-order valence-electron chi connectivity index (χ0n) is 9.75. The van der Waals surface area contributed by atoms with Gasteiger partial charge in [0.25, 0.3) is 0 Å². The van der Waals surface area contributed by atoms with Gasteiger partial charge in [0.1, 0.15) is 0 Å². The van der Waals surface area contributed by atoms with Crippen molar-refractivity contribution in [1.29, 1.82) is 0 Å². The summed E-state index contributed by atoms with van der Waals surface area (Å²) in [5.41, 5.74) is 0.479. The molecule has 1 aromatic rings. The van der Waals surface area contributed by atoms with Crippen LogP contribution in [-0.4, -0.2) is 23.6 Å². The van der Waals surface area contributed by atoms with Crippen LogP contribution in [0.15, 0.2) is 10.7 Å². The van der Waals surface area contributed by atoms with E-state index in [1.54, 1.807) is 13.3 Å². The van der Waals surface area contributed by atoms with Crippen molar-refractivity contribution < 1.29 is 4.74 Å². The zero-order chi connectivity index (χ0) is 11.8. The summed E-state index contributed by atoms with van der Waals surface area (Å²) in [7, 11) is 1.60. The Morgan fingerprint density at radius 3 is 2.88 bits per heavy atom. The molecule has 0 aliphatic heterocycles. The average molecular weight is 286 g/mol. The molecule has 1 aliphatic rings. The van der Waals surface area contributed by atoms with Gasteiger partial charge in [0.2, 0.25) is 11.8 Å². The van der Waals surface area contributed by atoms with Gasteiger partial charge in [0.15, 0.2) is 0 Å². The molecule has 2 rings (SSSR count).